The predicted octanol–water partition coefficient (Wildman–Crippen LogP) is 5.65. The van der Waals surface area contributed by atoms with E-state index in [1.54, 1.807) is 18.2 Å². The smallest absolute Gasteiger partial charge is 0.220 e. The van der Waals surface area contributed by atoms with Crippen molar-refractivity contribution in [1.82, 2.24) is 15.5 Å². The van der Waals surface area contributed by atoms with E-state index >= 15 is 0 Å². The average molecular weight is 525 g/mol. The van der Waals surface area contributed by atoms with Gasteiger partial charge in [-0.15, -0.1) is 0 Å². The van der Waals surface area contributed by atoms with Crippen LogP contribution in [0.4, 0.5) is 0 Å². The van der Waals surface area contributed by atoms with Crippen LogP contribution in [-0.4, -0.2) is 42.4 Å². The van der Waals surface area contributed by atoms with Gasteiger partial charge in [-0.3, -0.25) is 9.59 Å². The molecule has 184 valence electrons. The first-order chi connectivity index (χ1) is 16.2. The van der Waals surface area contributed by atoms with Crippen LogP contribution in [0.15, 0.2) is 42.5 Å². The molecule has 3 rings (SSSR count). The first-order valence-corrected chi connectivity index (χ1v) is 12.7. The molecule has 1 fully saturated rings. The van der Waals surface area contributed by atoms with Crippen molar-refractivity contribution >= 4 is 46.6 Å². The minimum atomic E-state index is -0.192. The number of likely N-dealkylation sites (N-methyl/N-ethyl adjacent to an activating group) is 1. The van der Waals surface area contributed by atoms with Crippen LogP contribution in [0.2, 0.25) is 15.1 Å². The van der Waals surface area contributed by atoms with Crippen molar-refractivity contribution in [3.63, 3.8) is 0 Å². The van der Waals surface area contributed by atoms with E-state index in [2.05, 4.69) is 35.7 Å². The molecule has 0 bridgehead atoms. The Morgan fingerprint density at radius 2 is 1.65 bits per heavy atom. The molecule has 34 heavy (non-hydrogen) atoms. The van der Waals surface area contributed by atoms with Crippen molar-refractivity contribution in [2.24, 2.45) is 0 Å². The van der Waals surface area contributed by atoms with Crippen molar-refractivity contribution in [2.75, 3.05) is 14.1 Å². The minimum absolute atomic E-state index is 0.0490. The van der Waals surface area contributed by atoms with E-state index in [1.165, 1.54) is 5.56 Å². The quantitative estimate of drug-likeness (QED) is 0.446. The fraction of sp³-hybridized carbons (Fsp3) is 0.462. The first kappa shape index (κ1) is 26.8. The first-order valence-electron chi connectivity index (χ1n) is 11.6. The Labute approximate surface area is 217 Å². The van der Waals surface area contributed by atoms with E-state index in [4.69, 9.17) is 34.8 Å². The second-order valence-corrected chi connectivity index (χ2v) is 10.6. The highest BCUT2D eigenvalue weighted by Gasteiger charge is 2.37. The molecule has 2 aromatic rings. The van der Waals surface area contributed by atoms with Crippen LogP contribution >= 0.6 is 34.8 Å². The summed E-state index contributed by atoms with van der Waals surface area (Å²) in [5, 5.41) is 7.78. The van der Waals surface area contributed by atoms with Crippen molar-refractivity contribution < 1.29 is 9.59 Å². The summed E-state index contributed by atoms with van der Waals surface area (Å²) in [6.07, 6.45) is 5.00. The van der Waals surface area contributed by atoms with Crippen molar-refractivity contribution in [3.8, 4) is 0 Å². The molecule has 0 aliphatic heterocycles. The molecule has 1 saturated carbocycles. The summed E-state index contributed by atoms with van der Waals surface area (Å²) in [6.45, 7) is 0.279. The van der Waals surface area contributed by atoms with Crippen LogP contribution in [0, 0.1) is 0 Å². The molecule has 5 nitrogen and oxygen atoms in total. The second-order valence-electron chi connectivity index (χ2n) is 9.28. The van der Waals surface area contributed by atoms with Crippen LogP contribution in [0.25, 0.3) is 0 Å². The van der Waals surface area contributed by atoms with Gasteiger partial charge in [0, 0.05) is 46.0 Å². The number of benzene rings is 2. The number of nitrogens with zero attached hydrogens (tertiary/aromatic N) is 1. The monoisotopic (exact) mass is 523 g/mol. The molecule has 0 heterocycles. The average Bonchev–Trinajstić information content (AvgIpc) is 2.79. The molecule has 0 spiro atoms. The highest BCUT2D eigenvalue weighted by molar-refractivity contribution is 6.33. The lowest BCUT2D eigenvalue weighted by Crippen LogP contribution is -2.52. The van der Waals surface area contributed by atoms with Crippen LogP contribution in [0.3, 0.4) is 0 Å². The minimum Gasteiger partial charge on any atom is -0.353 e. The Morgan fingerprint density at radius 1 is 0.971 bits per heavy atom. The summed E-state index contributed by atoms with van der Waals surface area (Å²) < 4.78 is 0. The molecule has 1 aliphatic carbocycles. The molecule has 2 amide bonds. The Hall–Kier alpha value is -1.79. The SMILES string of the molecule is CN(C)C1(Cc2cccc(Cl)c2)CCC(NC(=O)CCC(=O)NCc2cc(Cl)ccc2Cl)CC1. The maximum atomic E-state index is 12.5. The largest absolute Gasteiger partial charge is 0.353 e. The topological polar surface area (TPSA) is 61.4 Å². The molecule has 0 radical (unpaired) electrons. The molecule has 2 aromatic carbocycles. The van der Waals surface area contributed by atoms with Gasteiger partial charge in [0.1, 0.15) is 0 Å². The predicted molar refractivity (Wildman–Crippen MR) is 140 cm³/mol. The molecule has 1 aliphatic rings. The Kier molecular flexibility index (Phi) is 9.66. The van der Waals surface area contributed by atoms with Gasteiger partial charge in [-0.1, -0.05) is 46.9 Å². The molecule has 0 saturated heterocycles. The van der Waals surface area contributed by atoms with Crippen molar-refractivity contribution in [2.45, 2.75) is 63.1 Å². The highest BCUT2D eigenvalue weighted by atomic mass is 35.5. The van der Waals surface area contributed by atoms with E-state index in [1.807, 2.05) is 18.2 Å². The number of hydrogen-bond acceptors (Lipinski definition) is 3. The van der Waals surface area contributed by atoms with Crippen LogP contribution in [0.5, 0.6) is 0 Å². The lowest BCUT2D eigenvalue weighted by molar-refractivity contribution is -0.127. The van der Waals surface area contributed by atoms with Gasteiger partial charge < -0.3 is 15.5 Å². The summed E-state index contributed by atoms with van der Waals surface area (Å²) in [5.74, 6) is -0.281. The third kappa shape index (κ3) is 7.61. The highest BCUT2D eigenvalue weighted by Crippen LogP contribution is 2.36. The number of nitrogens with one attached hydrogen (secondary N) is 2. The maximum Gasteiger partial charge on any atom is 0.220 e. The summed E-state index contributed by atoms with van der Waals surface area (Å²) in [4.78, 5) is 27.0. The van der Waals surface area contributed by atoms with Gasteiger partial charge in [-0.25, -0.2) is 0 Å². The third-order valence-corrected chi connectivity index (χ3v) is 7.55. The van der Waals surface area contributed by atoms with Crippen molar-refractivity contribution in [3.05, 3.63) is 68.7 Å². The molecule has 8 heteroatoms. The summed E-state index contributed by atoms with van der Waals surface area (Å²) in [5.41, 5.74) is 2.03. The Bertz CT molecular complexity index is 1000. The van der Waals surface area contributed by atoms with E-state index in [9.17, 15) is 9.59 Å². The van der Waals surface area contributed by atoms with Gasteiger partial charge >= 0.3 is 0 Å². The number of halogens is 3. The summed E-state index contributed by atoms with van der Waals surface area (Å²) in [6, 6.07) is 13.3. The van der Waals surface area contributed by atoms with Crippen LogP contribution in [-0.2, 0) is 22.6 Å². The Morgan fingerprint density at radius 3 is 2.32 bits per heavy atom. The molecular formula is C26H32Cl3N3O2. The van der Waals surface area contributed by atoms with Crippen molar-refractivity contribution in [1.29, 1.82) is 0 Å². The number of carbonyl (C=O) groups excluding carboxylic acids is 2. The fourth-order valence-electron chi connectivity index (χ4n) is 4.60. The van der Waals surface area contributed by atoms with E-state index in [0.29, 0.717) is 10.0 Å². The van der Waals surface area contributed by atoms with E-state index < -0.39 is 0 Å². The zero-order valence-corrected chi connectivity index (χ0v) is 21.9. The molecular weight excluding hydrogens is 493 g/mol. The Balaban J connectivity index is 1.42. The van der Waals surface area contributed by atoms with Crippen LogP contribution < -0.4 is 10.6 Å². The fourth-order valence-corrected chi connectivity index (χ4v) is 5.19. The van der Waals surface area contributed by atoms with Gasteiger partial charge in [-0.05, 0) is 87.7 Å². The second kappa shape index (κ2) is 12.3. The lowest BCUT2D eigenvalue weighted by atomic mass is 9.75. The van der Waals surface area contributed by atoms with Gasteiger partial charge in [-0.2, -0.15) is 0 Å². The summed E-state index contributed by atoms with van der Waals surface area (Å²) >= 11 is 18.3. The number of carbonyl (C=O) groups is 2. The van der Waals surface area contributed by atoms with Gasteiger partial charge in [0.25, 0.3) is 0 Å². The van der Waals surface area contributed by atoms with Gasteiger partial charge in [0.2, 0.25) is 11.8 Å². The molecule has 2 N–H and O–H groups in total. The number of amides is 2. The van der Waals surface area contributed by atoms with E-state index in [0.717, 1.165) is 42.7 Å². The number of rotatable bonds is 9. The molecule has 0 atom stereocenters. The molecule has 0 unspecified atom stereocenters. The van der Waals surface area contributed by atoms with Gasteiger partial charge in [0.05, 0.1) is 0 Å². The number of hydrogen-bond donors (Lipinski definition) is 2. The zero-order chi connectivity index (χ0) is 24.7. The van der Waals surface area contributed by atoms with E-state index in [-0.39, 0.29) is 42.8 Å². The third-order valence-electron chi connectivity index (χ3n) is 6.72. The standard InChI is InChI=1S/C26H32Cl3N3O2/c1-32(2)26(16-18-4-3-5-20(27)14-18)12-10-22(11-13-26)31-25(34)9-8-24(33)30-17-19-15-21(28)6-7-23(19)29/h3-7,14-15,22H,8-13,16-17H2,1-2H3,(H,30,33)(H,31,34). The maximum absolute atomic E-state index is 12.5. The summed E-state index contributed by atoms with van der Waals surface area (Å²) in [7, 11) is 4.25. The zero-order valence-electron chi connectivity index (χ0n) is 19.7. The normalized spacial score (nSPS) is 20.2. The van der Waals surface area contributed by atoms with Gasteiger partial charge in [0.15, 0.2) is 0 Å². The molecule has 0 aromatic heterocycles. The van der Waals surface area contributed by atoms with Crippen LogP contribution in [0.1, 0.15) is 49.7 Å². The lowest BCUT2D eigenvalue weighted by Gasteiger charge is -2.45.